The second-order valence-corrected chi connectivity index (χ2v) is 4.58. The molecular weight excluding hydrogens is 405 g/mol. The van der Waals surface area contributed by atoms with Crippen molar-refractivity contribution >= 4 is 78.9 Å². The van der Waals surface area contributed by atoms with Crippen LogP contribution in [-0.2, 0) is 12.6 Å². The first-order valence-corrected chi connectivity index (χ1v) is 8.58. The van der Waals surface area contributed by atoms with Crippen molar-refractivity contribution in [3.63, 3.8) is 0 Å². The Morgan fingerprint density at radius 2 is 1.09 bits per heavy atom. The summed E-state index contributed by atoms with van der Waals surface area (Å²) in [4.78, 5) is 0. The van der Waals surface area contributed by atoms with E-state index in [1.54, 1.807) is 0 Å². The zero-order valence-electron chi connectivity index (χ0n) is 5.05. The molecule has 11 heavy (non-hydrogen) atoms. The Bertz CT molecular complexity index is 96.7. The Labute approximate surface area is 107 Å². The van der Waals surface area contributed by atoms with Crippen LogP contribution in [0.15, 0.2) is 0 Å². The summed E-state index contributed by atoms with van der Waals surface area (Å²) in [5.74, 6) is 0. The second-order valence-electron chi connectivity index (χ2n) is 0.683. The predicted octanol–water partition coefficient (Wildman–Crippen LogP) is -3.88. The van der Waals surface area contributed by atoms with Crippen LogP contribution in [0.5, 0.6) is 0 Å². The molecule has 0 spiro atoms. The van der Waals surface area contributed by atoms with Gasteiger partial charge in [-0.05, 0) is 0 Å². The monoisotopic (exact) mass is 410 g/mol. The van der Waals surface area contributed by atoms with Crippen molar-refractivity contribution < 1.29 is 30.0 Å². The summed E-state index contributed by atoms with van der Waals surface area (Å²) < 4.78 is 41.9. The molecule has 0 aliphatic carbocycles. The van der Waals surface area contributed by atoms with E-state index in [4.69, 9.17) is 23.6 Å². The summed E-state index contributed by atoms with van der Waals surface area (Å²) in [6, 6.07) is 0. The zero-order chi connectivity index (χ0) is 8.57. The molecule has 0 unspecified atom stereocenters. The van der Waals surface area contributed by atoms with Crippen LogP contribution >= 0.6 is 0 Å². The second kappa shape index (κ2) is 14.7. The van der Waals surface area contributed by atoms with E-state index in [-0.39, 0.29) is 37.7 Å². The number of rotatable bonds is 2. The average Bonchev–Trinajstić information content (AvgIpc) is 1.89. The number of hydrogen-bond donors (Lipinski definition) is 2. The van der Waals surface area contributed by atoms with Gasteiger partial charge in [0.25, 0.3) is 0 Å². The van der Waals surface area contributed by atoms with Gasteiger partial charge in [-0.2, -0.15) is 0 Å². The molecule has 0 aliphatic heterocycles. The normalized spacial score (nSPS) is 6.91. The van der Waals surface area contributed by atoms with Gasteiger partial charge in [0, 0.05) is 0 Å². The first kappa shape index (κ1) is 18.9. The fourth-order valence-electron chi connectivity index (χ4n) is 0. The maximum absolute atomic E-state index is 9.06. The summed E-state index contributed by atoms with van der Waals surface area (Å²) in [5.41, 5.74) is 0. The van der Waals surface area contributed by atoms with Crippen molar-refractivity contribution in [3.05, 3.63) is 0 Å². The molecule has 0 aromatic heterocycles. The molecule has 0 saturated heterocycles. The van der Waals surface area contributed by atoms with Crippen molar-refractivity contribution in [2.75, 3.05) is 0 Å². The van der Waals surface area contributed by atoms with Crippen LogP contribution in [-0.4, -0.2) is 89.4 Å². The zero-order valence-corrected chi connectivity index (χ0v) is 13.0. The van der Waals surface area contributed by atoms with Crippen LogP contribution in [0.25, 0.3) is 0 Å². The van der Waals surface area contributed by atoms with Crippen molar-refractivity contribution in [1.29, 1.82) is 0 Å². The molecule has 0 amide bonds. The molecule has 0 aromatic rings. The van der Waals surface area contributed by atoms with Crippen LogP contribution in [0.4, 0.5) is 0 Å². The van der Waals surface area contributed by atoms with E-state index in [1.165, 1.54) is 0 Å². The molecule has 0 atom stereocenters. The standard InChI is InChI=1S/Ca.2H2O2.4O.2Sn/c;2*1-2;;;;;;/h;2*1-2H;;;;;;/q+2;;;;;2*-1;2*+1/p-2. The Morgan fingerprint density at radius 3 is 1.09 bits per heavy atom. The minimum absolute atomic E-state index is 0. The Kier molecular flexibility index (Phi) is 25.3. The van der Waals surface area contributed by atoms with Gasteiger partial charge in [-0.1, -0.05) is 0 Å². The molecule has 0 radical (unpaired) electrons. The van der Waals surface area contributed by atoms with E-state index in [1.807, 2.05) is 0 Å². The molecule has 11 heteroatoms. The van der Waals surface area contributed by atoms with Gasteiger partial charge in [0.1, 0.15) is 0 Å². The maximum atomic E-state index is 9.06. The molecule has 0 rings (SSSR count). The first-order chi connectivity index (χ1) is 4.54. The van der Waals surface area contributed by atoms with Crippen LogP contribution in [0.1, 0.15) is 0 Å². The summed E-state index contributed by atoms with van der Waals surface area (Å²) in [7, 11) is 0. The molecule has 0 aliphatic rings. The van der Waals surface area contributed by atoms with Gasteiger partial charge in [-0.25, -0.2) is 0 Å². The van der Waals surface area contributed by atoms with E-state index in [9.17, 15) is 0 Å². The summed E-state index contributed by atoms with van der Waals surface area (Å²) in [6.07, 6.45) is 0. The molecule has 8 nitrogen and oxygen atoms in total. The van der Waals surface area contributed by atoms with Crippen LogP contribution in [0.3, 0.4) is 0 Å². The van der Waals surface area contributed by atoms with Gasteiger partial charge in [0.05, 0.1) is 0 Å². The molecule has 0 aromatic carbocycles. The van der Waals surface area contributed by atoms with Crippen molar-refractivity contribution in [2.45, 2.75) is 0 Å². The average molecular weight is 408 g/mol. The third-order valence-corrected chi connectivity index (χ3v) is 1.00. The predicted molar refractivity (Wildman–Crippen MR) is 26.1 cm³/mol. The molecule has 0 fully saturated rings. The molecular formula is H2CaO8Sn2. The molecule has 2 N–H and O–H groups in total. The van der Waals surface area contributed by atoms with Gasteiger partial charge in [-0.3, -0.25) is 0 Å². The summed E-state index contributed by atoms with van der Waals surface area (Å²) >= 11 is -8.05. The number of hydrogen-bond acceptors (Lipinski definition) is 8. The van der Waals surface area contributed by atoms with Gasteiger partial charge in [0.2, 0.25) is 0 Å². The molecule has 0 heterocycles. The Balaban J connectivity index is -0.000000107. The molecule has 0 saturated carbocycles. The van der Waals surface area contributed by atoms with Crippen LogP contribution < -0.4 is 6.89 Å². The van der Waals surface area contributed by atoms with Gasteiger partial charge < -0.3 is 0 Å². The SMILES string of the molecule is [Ca+2].[O]=[Sn]([O-])[O]O.[O]=[Sn]([O-])[O]O. The van der Waals surface area contributed by atoms with Crippen LogP contribution in [0.2, 0.25) is 0 Å². The van der Waals surface area contributed by atoms with Gasteiger partial charge in [0.15, 0.2) is 0 Å². The Hall–Kier alpha value is 2.22. The topological polar surface area (TPSA) is 139 Å². The van der Waals surface area contributed by atoms with E-state index in [0.717, 1.165) is 0 Å². The molecule has 0 bridgehead atoms. The Morgan fingerprint density at radius 1 is 1.00 bits per heavy atom. The fraction of sp³-hybridized carbons (Fsp3) is 0. The van der Waals surface area contributed by atoms with E-state index in [0.29, 0.717) is 0 Å². The summed E-state index contributed by atoms with van der Waals surface area (Å²) in [5, 5.41) is 14.2. The van der Waals surface area contributed by atoms with Crippen molar-refractivity contribution in [1.82, 2.24) is 0 Å². The van der Waals surface area contributed by atoms with Gasteiger partial charge >= 0.3 is 109 Å². The van der Waals surface area contributed by atoms with Crippen LogP contribution in [0, 0.1) is 0 Å². The van der Waals surface area contributed by atoms with E-state index in [2.05, 4.69) is 6.45 Å². The minimum atomic E-state index is -4.02. The quantitative estimate of drug-likeness (QED) is 0.269. The van der Waals surface area contributed by atoms with Crippen molar-refractivity contribution in [3.8, 4) is 0 Å². The summed E-state index contributed by atoms with van der Waals surface area (Å²) in [6.45, 7) is 0. The van der Waals surface area contributed by atoms with E-state index >= 15 is 0 Å². The third kappa shape index (κ3) is 33.0. The van der Waals surface area contributed by atoms with E-state index < -0.39 is 41.1 Å². The third-order valence-electron chi connectivity index (χ3n) is 0.149. The molecule has 60 valence electrons. The first-order valence-electron chi connectivity index (χ1n) is 1.59. The van der Waals surface area contributed by atoms with Gasteiger partial charge in [-0.15, -0.1) is 0 Å². The van der Waals surface area contributed by atoms with Crippen molar-refractivity contribution in [2.24, 2.45) is 0 Å². The fourth-order valence-corrected chi connectivity index (χ4v) is 0.